The summed E-state index contributed by atoms with van der Waals surface area (Å²) in [5.74, 6) is -0.0958. The Morgan fingerprint density at radius 2 is 2.20 bits per heavy atom. The lowest BCUT2D eigenvalue weighted by atomic mass is 10.1. The predicted molar refractivity (Wildman–Crippen MR) is 79.7 cm³/mol. The van der Waals surface area contributed by atoms with Gasteiger partial charge < -0.3 is 20.4 Å². The zero-order valence-electron chi connectivity index (χ0n) is 11.7. The number of hydrogen-bond acceptors (Lipinski definition) is 4. The van der Waals surface area contributed by atoms with Gasteiger partial charge in [-0.2, -0.15) is 0 Å². The van der Waals surface area contributed by atoms with E-state index in [1.165, 1.54) is 0 Å². The summed E-state index contributed by atoms with van der Waals surface area (Å²) in [6, 6.07) is 7.19. The van der Waals surface area contributed by atoms with Crippen molar-refractivity contribution >= 4 is 17.3 Å². The molecule has 2 aromatic rings. The fourth-order valence-electron chi connectivity index (χ4n) is 2.05. The lowest BCUT2D eigenvalue weighted by molar-refractivity contribution is 0.0956. The van der Waals surface area contributed by atoms with Crippen molar-refractivity contribution in [1.29, 1.82) is 0 Å². The standard InChI is InChI=1S/C15H19N3O2/c1-3-17-15(19)13-5-4-12(16)8-14(13)18(2)9-11-6-7-20-10-11/h4-8,10H,3,9,16H2,1-2H3,(H,17,19). The third kappa shape index (κ3) is 3.12. The number of rotatable bonds is 5. The van der Waals surface area contributed by atoms with Crippen LogP contribution < -0.4 is 16.0 Å². The van der Waals surface area contributed by atoms with Crippen LogP contribution in [0.2, 0.25) is 0 Å². The molecule has 0 aliphatic carbocycles. The fraction of sp³-hybridized carbons (Fsp3) is 0.267. The minimum absolute atomic E-state index is 0.0958. The van der Waals surface area contributed by atoms with E-state index in [9.17, 15) is 4.79 Å². The SMILES string of the molecule is CCNC(=O)c1ccc(N)cc1N(C)Cc1ccoc1. The summed E-state index contributed by atoms with van der Waals surface area (Å²) in [4.78, 5) is 14.1. The van der Waals surface area contributed by atoms with E-state index in [1.54, 1.807) is 24.7 Å². The highest BCUT2D eigenvalue weighted by Gasteiger charge is 2.14. The number of amides is 1. The third-order valence-corrected chi connectivity index (χ3v) is 3.01. The lowest BCUT2D eigenvalue weighted by Gasteiger charge is -2.22. The molecule has 5 nitrogen and oxygen atoms in total. The van der Waals surface area contributed by atoms with Crippen LogP contribution in [0.4, 0.5) is 11.4 Å². The van der Waals surface area contributed by atoms with Gasteiger partial charge in [0.05, 0.1) is 23.8 Å². The van der Waals surface area contributed by atoms with Crippen LogP contribution >= 0.6 is 0 Å². The van der Waals surface area contributed by atoms with Gasteiger partial charge >= 0.3 is 0 Å². The molecule has 20 heavy (non-hydrogen) atoms. The van der Waals surface area contributed by atoms with Crippen molar-refractivity contribution in [2.24, 2.45) is 0 Å². The summed E-state index contributed by atoms with van der Waals surface area (Å²) < 4.78 is 5.06. The zero-order chi connectivity index (χ0) is 14.5. The summed E-state index contributed by atoms with van der Waals surface area (Å²) in [7, 11) is 1.92. The summed E-state index contributed by atoms with van der Waals surface area (Å²) in [5.41, 5.74) is 8.93. The minimum atomic E-state index is -0.0958. The highest BCUT2D eigenvalue weighted by atomic mass is 16.3. The number of furan rings is 1. The van der Waals surface area contributed by atoms with Gasteiger partial charge in [0.15, 0.2) is 0 Å². The zero-order valence-corrected chi connectivity index (χ0v) is 11.7. The summed E-state index contributed by atoms with van der Waals surface area (Å²) in [6.45, 7) is 3.13. The first-order valence-electron chi connectivity index (χ1n) is 6.51. The maximum Gasteiger partial charge on any atom is 0.253 e. The summed E-state index contributed by atoms with van der Waals surface area (Å²) in [5, 5.41) is 2.81. The number of hydrogen-bond donors (Lipinski definition) is 2. The molecule has 3 N–H and O–H groups in total. The third-order valence-electron chi connectivity index (χ3n) is 3.01. The Hall–Kier alpha value is -2.43. The molecule has 1 heterocycles. The van der Waals surface area contributed by atoms with Crippen LogP contribution in [0.3, 0.4) is 0 Å². The minimum Gasteiger partial charge on any atom is -0.472 e. The van der Waals surface area contributed by atoms with E-state index in [0.717, 1.165) is 11.3 Å². The van der Waals surface area contributed by atoms with Gasteiger partial charge in [0, 0.05) is 31.4 Å². The molecule has 0 atom stereocenters. The number of nitrogens with zero attached hydrogens (tertiary/aromatic N) is 1. The Balaban J connectivity index is 2.28. The van der Waals surface area contributed by atoms with E-state index >= 15 is 0 Å². The Morgan fingerprint density at radius 1 is 1.40 bits per heavy atom. The first-order chi connectivity index (χ1) is 9.61. The molecule has 0 bridgehead atoms. The van der Waals surface area contributed by atoms with Crippen molar-refractivity contribution in [3.05, 3.63) is 47.9 Å². The maximum atomic E-state index is 12.1. The molecule has 5 heteroatoms. The van der Waals surface area contributed by atoms with Gasteiger partial charge in [-0.3, -0.25) is 4.79 Å². The first-order valence-corrected chi connectivity index (χ1v) is 6.51. The highest BCUT2D eigenvalue weighted by Crippen LogP contribution is 2.24. The average Bonchev–Trinajstić information content (AvgIpc) is 2.91. The summed E-state index contributed by atoms with van der Waals surface area (Å²) >= 11 is 0. The normalized spacial score (nSPS) is 10.3. The van der Waals surface area contributed by atoms with Crippen LogP contribution in [0.1, 0.15) is 22.8 Å². The van der Waals surface area contributed by atoms with Crippen LogP contribution in [0.25, 0.3) is 0 Å². The Kier molecular flexibility index (Phi) is 4.30. The Bertz CT molecular complexity index is 579. The molecule has 0 aliphatic rings. The quantitative estimate of drug-likeness (QED) is 0.820. The molecule has 1 aromatic carbocycles. The number of benzene rings is 1. The van der Waals surface area contributed by atoms with Crippen molar-refractivity contribution in [3.63, 3.8) is 0 Å². The Morgan fingerprint density at radius 3 is 2.85 bits per heavy atom. The second-order valence-electron chi connectivity index (χ2n) is 4.62. The molecule has 0 spiro atoms. The Labute approximate surface area is 118 Å². The first kappa shape index (κ1) is 14.0. The number of anilines is 2. The average molecular weight is 273 g/mol. The van der Waals surface area contributed by atoms with E-state index in [1.807, 2.05) is 31.0 Å². The summed E-state index contributed by atoms with van der Waals surface area (Å²) in [6.07, 6.45) is 3.32. The monoisotopic (exact) mass is 273 g/mol. The molecule has 2 rings (SSSR count). The number of nitrogens with one attached hydrogen (secondary N) is 1. The maximum absolute atomic E-state index is 12.1. The van der Waals surface area contributed by atoms with Crippen molar-refractivity contribution in [2.45, 2.75) is 13.5 Å². The van der Waals surface area contributed by atoms with Gasteiger partial charge in [-0.05, 0) is 31.2 Å². The van der Waals surface area contributed by atoms with Gasteiger partial charge in [-0.1, -0.05) is 0 Å². The van der Waals surface area contributed by atoms with Crippen molar-refractivity contribution in [1.82, 2.24) is 5.32 Å². The molecule has 1 aromatic heterocycles. The number of nitrogen functional groups attached to an aromatic ring is 1. The fourth-order valence-corrected chi connectivity index (χ4v) is 2.05. The molecule has 106 valence electrons. The van der Waals surface area contributed by atoms with Gasteiger partial charge in [-0.15, -0.1) is 0 Å². The molecule has 1 amide bonds. The molecule has 0 fully saturated rings. The van der Waals surface area contributed by atoms with Gasteiger partial charge in [0.1, 0.15) is 0 Å². The molecular weight excluding hydrogens is 254 g/mol. The molecule has 0 radical (unpaired) electrons. The van der Waals surface area contributed by atoms with E-state index < -0.39 is 0 Å². The number of carbonyl (C=O) groups excluding carboxylic acids is 1. The topological polar surface area (TPSA) is 71.5 Å². The number of carbonyl (C=O) groups is 1. The molecular formula is C15H19N3O2. The second-order valence-corrected chi connectivity index (χ2v) is 4.62. The van der Waals surface area contributed by atoms with E-state index in [2.05, 4.69) is 5.32 Å². The highest BCUT2D eigenvalue weighted by molar-refractivity contribution is 6.00. The van der Waals surface area contributed by atoms with Crippen molar-refractivity contribution < 1.29 is 9.21 Å². The predicted octanol–water partition coefficient (Wildman–Crippen LogP) is 2.25. The molecule has 0 saturated heterocycles. The van der Waals surface area contributed by atoms with Crippen molar-refractivity contribution in [2.75, 3.05) is 24.2 Å². The van der Waals surface area contributed by atoms with Crippen LogP contribution in [0, 0.1) is 0 Å². The molecule has 0 saturated carbocycles. The number of nitrogens with two attached hydrogens (primary N) is 1. The van der Waals surface area contributed by atoms with Crippen LogP contribution in [-0.2, 0) is 6.54 Å². The van der Waals surface area contributed by atoms with Crippen LogP contribution in [0.5, 0.6) is 0 Å². The van der Waals surface area contributed by atoms with Gasteiger partial charge in [0.25, 0.3) is 5.91 Å². The van der Waals surface area contributed by atoms with Gasteiger partial charge in [0.2, 0.25) is 0 Å². The lowest BCUT2D eigenvalue weighted by Crippen LogP contribution is -2.26. The van der Waals surface area contributed by atoms with E-state index in [0.29, 0.717) is 24.3 Å². The second kappa shape index (κ2) is 6.14. The molecule has 0 unspecified atom stereocenters. The molecule has 0 aliphatic heterocycles. The van der Waals surface area contributed by atoms with Crippen molar-refractivity contribution in [3.8, 4) is 0 Å². The van der Waals surface area contributed by atoms with Gasteiger partial charge in [-0.25, -0.2) is 0 Å². The smallest absolute Gasteiger partial charge is 0.253 e. The van der Waals surface area contributed by atoms with Crippen LogP contribution in [0.15, 0.2) is 41.2 Å². The largest absolute Gasteiger partial charge is 0.472 e. The van der Waals surface area contributed by atoms with E-state index in [4.69, 9.17) is 10.2 Å². The van der Waals surface area contributed by atoms with Crippen LogP contribution in [-0.4, -0.2) is 19.5 Å². The van der Waals surface area contributed by atoms with E-state index in [-0.39, 0.29) is 5.91 Å².